The Morgan fingerprint density at radius 3 is 2.56 bits per heavy atom. The van der Waals surface area contributed by atoms with Gasteiger partial charge < -0.3 is 10.1 Å². The van der Waals surface area contributed by atoms with Crippen molar-refractivity contribution in [2.45, 2.75) is 13.1 Å². The Labute approximate surface area is 145 Å². The van der Waals surface area contributed by atoms with E-state index in [4.69, 9.17) is 11.6 Å². The third-order valence-electron chi connectivity index (χ3n) is 2.91. The maximum absolute atomic E-state index is 12.9. The lowest BCUT2D eigenvalue weighted by atomic mass is 10.1. The number of rotatable bonds is 4. The number of anilines is 1. The predicted octanol–water partition coefficient (Wildman–Crippen LogP) is 3.25. The van der Waals surface area contributed by atoms with Crippen LogP contribution in [-0.4, -0.2) is 28.5 Å². The maximum atomic E-state index is 12.9. The average molecular weight is 374 g/mol. The van der Waals surface area contributed by atoms with Gasteiger partial charge in [-0.2, -0.15) is 13.2 Å². The van der Waals surface area contributed by atoms with Crippen LogP contribution < -0.4 is 5.32 Å². The lowest BCUT2D eigenvalue weighted by Crippen LogP contribution is -2.23. The Morgan fingerprint density at radius 2 is 1.96 bits per heavy atom. The van der Waals surface area contributed by atoms with Gasteiger partial charge in [0.25, 0.3) is 5.91 Å². The molecule has 1 N–H and O–H groups in total. The molecule has 10 heteroatoms. The van der Waals surface area contributed by atoms with Crippen molar-refractivity contribution in [3.8, 4) is 0 Å². The summed E-state index contributed by atoms with van der Waals surface area (Å²) >= 11 is 5.71. The molecule has 132 valence electrons. The highest BCUT2D eigenvalue weighted by atomic mass is 35.5. The summed E-state index contributed by atoms with van der Waals surface area (Å²) in [5.74, 6) is -1.91. The van der Waals surface area contributed by atoms with Gasteiger partial charge in [-0.15, -0.1) is 0 Å². The van der Waals surface area contributed by atoms with E-state index in [0.29, 0.717) is 5.69 Å². The second-order valence-electron chi connectivity index (χ2n) is 4.83. The molecular formula is C15H11ClF3N3O3. The molecule has 0 radical (unpaired) electrons. The van der Waals surface area contributed by atoms with E-state index < -0.39 is 35.9 Å². The monoisotopic (exact) mass is 373 g/mol. The second-order valence-corrected chi connectivity index (χ2v) is 5.23. The number of aryl methyl sites for hydroxylation is 1. The van der Waals surface area contributed by atoms with Crippen LogP contribution in [0.4, 0.5) is 18.9 Å². The van der Waals surface area contributed by atoms with Crippen molar-refractivity contribution in [1.29, 1.82) is 0 Å². The van der Waals surface area contributed by atoms with Crippen LogP contribution in [-0.2, 0) is 15.7 Å². The minimum atomic E-state index is -4.71. The number of esters is 1. The lowest BCUT2D eigenvalue weighted by molar-refractivity contribution is -0.137. The highest BCUT2D eigenvalue weighted by molar-refractivity contribution is 6.34. The molecule has 0 unspecified atom stereocenters. The van der Waals surface area contributed by atoms with Gasteiger partial charge in [0.05, 0.1) is 28.2 Å². The van der Waals surface area contributed by atoms with Gasteiger partial charge >= 0.3 is 12.1 Å². The van der Waals surface area contributed by atoms with Crippen molar-refractivity contribution in [3.63, 3.8) is 0 Å². The SMILES string of the molecule is Cc1cnc(C(=O)OCC(=O)Nc2c(Cl)cccc2C(F)(F)F)cn1. The van der Waals surface area contributed by atoms with Crippen LogP contribution in [0.25, 0.3) is 0 Å². The highest BCUT2D eigenvalue weighted by Crippen LogP contribution is 2.38. The molecule has 2 aromatic rings. The minimum Gasteiger partial charge on any atom is -0.451 e. The number of alkyl halides is 3. The quantitative estimate of drug-likeness (QED) is 0.832. The van der Waals surface area contributed by atoms with E-state index in [1.54, 1.807) is 6.92 Å². The number of amides is 1. The predicted molar refractivity (Wildman–Crippen MR) is 82.1 cm³/mol. The minimum absolute atomic E-state index is 0.132. The van der Waals surface area contributed by atoms with Gasteiger partial charge in [-0.25, -0.2) is 9.78 Å². The van der Waals surface area contributed by atoms with Crippen LogP contribution in [0.3, 0.4) is 0 Å². The smallest absolute Gasteiger partial charge is 0.418 e. The molecule has 0 aliphatic carbocycles. The summed E-state index contributed by atoms with van der Waals surface area (Å²) in [4.78, 5) is 31.1. The molecule has 0 aliphatic rings. The lowest BCUT2D eigenvalue weighted by Gasteiger charge is -2.15. The molecule has 0 spiro atoms. The van der Waals surface area contributed by atoms with Gasteiger partial charge in [-0.3, -0.25) is 9.78 Å². The fraction of sp³-hybridized carbons (Fsp3) is 0.200. The van der Waals surface area contributed by atoms with Gasteiger partial charge in [0.1, 0.15) is 0 Å². The highest BCUT2D eigenvalue weighted by Gasteiger charge is 2.34. The summed E-state index contributed by atoms with van der Waals surface area (Å²) in [7, 11) is 0. The number of halogens is 4. The Bertz CT molecular complexity index is 795. The second kappa shape index (κ2) is 7.47. The fourth-order valence-corrected chi connectivity index (χ4v) is 1.99. The molecule has 1 aromatic carbocycles. The molecule has 0 saturated heterocycles. The zero-order chi connectivity index (χ0) is 18.6. The first-order chi connectivity index (χ1) is 11.7. The number of aromatic nitrogens is 2. The summed E-state index contributed by atoms with van der Waals surface area (Å²) in [6.07, 6.45) is -2.22. The van der Waals surface area contributed by atoms with Crippen LogP contribution in [0.15, 0.2) is 30.6 Å². The molecule has 1 aromatic heterocycles. The van der Waals surface area contributed by atoms with Crippen LogP contribution >= 0.6 is 11.6 Å². The van der Waals surface area contributed by atoms with Crippen molar-refractivity contribution in [3.05, 3.63) is 52.6 Å². The third-order valence-corrected chi connectivity index (χ3v) is 3.22. The van der Waals surface area contributed by atoms with Crippen molar-refractivity contribution >= 4 is 29.2 Å². The molecule has 0 bridgehead atoms. The molecule has 25 heavy (non-hydrogen) atoms. The molecule has 0 aliphatic heterocycles. The van der Waals surface area contributed by atoms with Gasteiger partial charge in [0.2, 0.25) is 0 Å². The van der Waals surface area contributed by atoms with Gasteiger partial charge in [0.15, 0.2) is 12.3 Å². The Balaban J connectivity index is 2.04. The van der Waals surface area contributed by atoms with Crippen LogP contribution in [0.5, 0.6) is 0 Å². The topological polar surface area (TPSA) is 81.2 Å². The van der Waals surface area contributed by atoms with E-state index in [9.17, 15) is 22.8 Å². The number of hydrogen-bond donors (Lipinski definition) is 1. The Kier molecular flexibility index (Phi) is 5.58. The largest absolute Gasteiger partial charge is 0.451 e. The number of nitrogens with one attached hydrogen (secondary N) is 1. The molecule has 1 heterocycles. The standard InChI is InChI=1S/C15H11ClF3N3O3/c1-8-5-21-11(6-20-8)14(24)25-7-12(23)22-13-9(15(17,18)19)3-2-4-10(13)16/h2-6H,7H2,1H3,(H,22,23). The number of para-hydroxylation sites is 1. The summed E-state index contributed by atoms with van der Waals surface area (Å²) < 4.78 is 43.5. The van der Waals surface area contributed by atoms with Crippen LogP contribution in [0.1, 0.15) is 21.7 Å². The number of hydrogen-bond acceptors (Lipinski definition) is 5. The van der Waals surface area contributed by atoms with Gasteiger partial charge in [0, 0.05) is 6.20 Å². The fourth-order valence-electron chi connectivity index (χ4n) is 1.77. The number of nitrogens with zero attached hydrogens (tertiary/aromatic N) is 2. The average Bonchev–Trinajstić information content (AvgIpc) is 2.54. The van der Waals surface area contributed by atoms with Gasteiger partial charge in [-0.1, -0.05) is 17.7 Å². The number of carbonyl (C=O) groups is 2. The van der Waals surface area contributed by atoms with E-state index in [1.165, 1.54) is 12.3 Å². The zero-order valence-corrected chi connectivity index (χ0v) is 13.5. The molecule has 6 nitrogen and oxygen atoms in total. The molecule has 0 fully saturated rings. The van der Waals surface area contributed by atoms with Crippen molar-refractivity contribution in [2.75, 3.05) is 11.9 Å². The van der Waals surface area contributed by atoms with E-state index in [-0.39, 0.29) is 10.7 Å². The summed E-state index contributed by atoms with van der Waals surface area (Å²) in [5, 5.41) is 1.70. The first-order valence-corrected chi connectivity index (χ1v) is 7.17. The Hall–Kier alpha value is -2.68. The van der Waals surface area contributed by atoms with E-state index >= 15 is 0 Å². The number of ether oxygens (including phenoxy) is 1. The normalized spacial score (nSPS) is 11.1. The summed E-state index contributed by atoms with van der Waals surface area (Å²) in [5.41, 5.74) is -1.27. The van der Waals surface area contributed by atoms with Crippen molar-refractivity contribution < 1.29 is 27.5 Å². The Morgan fingerprint density at radius 1 is 1.24 bits per heavy atom. The molecule has 0 saturated carbocycles. The maximum Gasteiger partial charge on any atom is 0.418 e. The van der Waals surface area contributed by atoms with Crippen LogP contribution in [0.2, 0.25) is 5.02 Å². The number of carbonyl (C=O) groups excluding carboxylic acids is 2. The summed E-state index contributed by atoms with van der Waals surface area (Å²) in [6.45, 7) is 0.855. The third kappa shape index (κ3) is 4.90. The zero-order valence-electron chi connectivity index (χ0n) is 12.7. The van der Waals surface area contributed by atoms with Crippen LogP contribution in [0, 0.1) is 6.92 Å². The number of benzene rings is 1. The first-order valence-electron chi connectivity index (χ1n) is 6.80. The van der Waals surface area contributed by atoms with E-state index in [1.807, 2.05) is 5.32 Å². The molecule has 2 rings (SSSR count). The van der Waals surface area contributed by atoms with Crippen molar-refractivity contribution in [2.24, 2.45) is 0 Å². The van der Waals surface area contributed by atoms with Crippen molar-refractivity contribution in [1.82, 2.24) is 9.97 Å². The summed E-state index contributed by atoms with van der Waals surface area (Å²) in [6, 6.07) is 3.08. The molecule has 0 atom stereocenters. The van der Waals surface area contributed by atoms with E-state index in [0.717, 1.165) is 18.3 Å². The molecular weight excluding hydrogens is 363 g/mol. The van der Waals surface area contributed by atoms with Gasteiger partial charge in [-0.05, 0) is 19.1 Å². The molecule has 1 amide bonds. The first kappa shape index (κ1) is 18.7. The van der Waals surface area contributed by atoms with E-state index in [2.05, 4.69) is 14.7 Å².